The highest BCUT2D eigenvalue weighted by molar-refractivity contribution is 6.25. The number of benzene rings is 3. The molecule has 1 aliphatic carbocycles. The Morgan fingerprint density at radius 2 is 1.71 bits per heavy atom. The van der Waals surface area contributed by atoms with Crippen LogP contribution < -0.4 is 25.8 Å². The van der Waals surface area contributed by atoms with Crippen molar-refractivity contribution in [2.75, 3.05) is 25.3 Å². The molecule has 4 rings (SSSR count). The average molecular weight is 458 g/mol. The van der Waals surface area contributed by atoms with Gasteiger partial charge >= 0.3 is 0 Å². The van der Waals surface area contributed by atoms with E-state index in [4.69, 9.17) is 15.2 Å². The van der Waals surface area contributed by atoms with Crippen molar-refractivity contribution in [3.63, 3.8) is 0 Å². The van der Waals surface area contributed by atoms with Crippen LogP contribution in [0.15, 0.2) is 66.7 Å². The first-order valence-corrected chi connectivity index (χ1v) is 11.0. The van der Waals surface area contributed by atoms with E-state index >= 15 is 0 Å². The number of amides is 2. The van der Waals surface area contributed by atoms with Crippen molar-refractivity contribution in [2.24, 2.45) is 0 Å². The van der Waals surface area contributed by atoms with Crippen LogP contribution in [0.1, 0.15) is 34.3 Å². The van der Waals surface area contributed by atoms with Crippen LogP contribution in [0.25, 0.3) is 11.6 Å². The summed E-state index contributed by atoms with van der Waals surface area (Å²) in [5, 5.41) is 5.86. The SMILES string of the molecule is COc1ccc(/C(=C/c2ccc(C(=O)Nc3ccccc3N)cc2)C(=O)NC2CC2)c(OC)c1. The second-order valence-electron chi connectivity index (χ2n) is 8.04. The number of hydrogen-bond donors (Lipinski definition) is 3. The minimum absolute atomic E-state index is 0.174. The molecule has 0 heterocycles. The Balaban J connectivity index is 1.62. The number of nitrogens with one attached hydrogen (secondary N) is 2. The molecule has 1 fully saturated rings. The molecule has 0 bridgehead atoms. The largest absolute Gasteiger partial charge is 0.497 e. The molecule has 0 aromatic heterocycles. The molecule has 0 saturated heterocycles. The number of carbonyl (C=O) groups excluding carboxylic acids is 2. The first-order chi connectivity index (χ1) is 16.5. The van der Waals surface area contributed by atoms with E-state index in [0.717, 1.165) is 18.4 Å². The van der Waals surface area contributed by atoms with Crippen molar-refractivity contribution in [3.8, 4) is 11.5 Å². The minimum Gasteiger partial charge on any atom is -0.497 e. The quantitative estimate of drug-likeness (QED) is 0.265. The molecule has 0 unspecified atom stereocenters. The summed E-state index contributed by atoms with van der Waals surface area (Å²) in [6.45, 7) is 0. The maximum Gasteiger partial charge on any atom is 0.255 e. The van der Waals surface area contributed by atoms with Gasteiger partial charge in [0, 0.05) is 23.2 Å². The number of methoxy groups -OCH3 is 2. The monoisotopic (exact) mass is 457 g/mol. The van der Waals surface area contributed by atoms with Gasteiger partial charge in [0.1, 0.15) is 11.5 Å². The van der Waals surface area contributed by atoms with Gasteiger partial charge in [-0.3, -0.25) is 9.59 Å². The van der Waals surface area contributed by atoms with Crippen molar-refractivity contribution in [2.45, 2.75) is 18.9 Å². The molecule has 7 heteroatoms. The Morgan fingerprint density at radius 3 is 2.35 bits per heavy atom. The highest BCUT2D eigenvalue weighted by atomic mass is 16.5. The number of carbonyl (C=O) groups is 2. The van der Waals surface area contributed by atoms with E-state index in [1.807, 2.05) is 12.1 Å². The van der Waals surface area contributed by atoms with E-state index in [0.29, 0.717) is 39.6 Å². The molecule has 1 saturated carbocycles. The Hall–Kier alpha value is -4.26. The summed E-state index contributed by atoms with van der Waals surface area (Å²) in [5.41, 5.74) is 9.34. The second kappa shape index (κ2) is 10.1. The average Bonchev–Trinajstić information content (AvgIpc) is 3.68. The molecule has 4 N–H and O–H groups in total. The molecule has 0 aliphatic heterocycles. The third kappa shape index (κ3) is 5.38. The molecule has 34 heavy (non-hydrogen) atoms. The Morgan fingerprint density at radius 1 is 0.971 bits per heavy atom. The number of nitrogen functional groups attached to an aromatic ring is 1. The summed E-state index contributed by atoms with van der Waals surface area (Å²) in [7, 11) is 3.14. The van der Waals surface area contributed by atoms with Crippen LogP contribution in [0.2, 0.25) is 0 Å². The van der Waals surface area contributed by atoms with Crippen LogP contribution in [0, 0.1) is 0 Å². The lowest BCUT2D eigenvalue weighted by Crippen LogP contribution is -2.26. The van der Waals surface area contributed by atoms with Gasteiger partial charge < -0.3 is 25.8 Å². The number of para-hydroxylation sites is 2. The molecule has 0 spiro atoms. The third-order valence-corrected chi connectivity index (χ3v) is 5.55. The number of rotatable bonds is 8. The van der Waals surface area contributed by atoms with Crippen LogP contribution in [0.3, 0.4) is 0 Å². The van der Waals surface area contributed by atoms with Crippen LogP contribution in [0.4, 0.5) is 11.4 Å². The van der Waals surface area contributed by atoms with Gasteiger partial charge in [-0.2, -0.15) is 0 Å². The van der Waals surface area contributed by atoms with Gasteiger partial charge in [-0.15, -0.1) is 0 Å². The van der Waals surface area contributed by atoms with Crippen molar-refractivity contribution in [3.05, 3.63) is 83.4 Å². The zero-order valence-electron chi connectivity index (χ0n) is 19.1. The van der Waals surface area contributed by atoms with E-state index in [1.54, 1.807) is 74.9 Å². The van der Waals surface area contributed by atoms with Gasteiger partial charge in [0.15, 0.2) is 0 Å². The molecule has 0 radical (unpaired) electrons. The zero-order chi connectivity index (χ0) is 24.1. The highest BCUT2D eigenvalue weighted by Crippen LogP contribution is 2.32. The van der Waals surface area contributed by atoms with Crippen LogP contribution in [-0.2, 0) is 4.79 Å². The minimum atomic E-state index is -0.267. The van der Waals surface area contributed by atoms with E-state index in [1.165, 1.54) is 0 Å². The number of nitrogens with two attached hydrogens (primary N) is 1. The fraction of sp³-hybridized carbons (Fsp3) is 0.185. The Kier molecular flexibility index (Phi) is 6.82. The predicted molar refractivity (Wildman–Crippen MR) is 134 cm³/mol. The molecule has 1 aliphatic rings. The number of ether oxygens (including phenoxy) is 2. The van der Waals surface area contributed by atoms with E-state index in [2.05, 4.69) is 10.6 Å². The van der Waals surface area contributed by atoms with E-state index < -0.39 is 0 Å². The smallest absolute Gasteiger partial charge is 0.255 e. The molecule has 3 aromatic carbocycles. The van der Waals surface area contributed by atoms with Crippen LogP contribution in [0.5, 0.6) is 11.5 Å². The lowest BCUT2D eigenvalue weighted by Gasteiger charge is -2.14. The molecular formula is C27H27N3O4. The van der Waals surface area contributed by atoms with Gasteiger partial charge in [0.2, 0.25) is 0 Å². The Labute approximate surface area is 198 Å². The van der Waals surface area contributed by atoms with Gasteiger partial charge in [-0.05, 0) is 60.9 Å². The summed E-state index contributed by atoms with van der Waals surface area (Å²) in [4.78, 5) is 25.7. The summed E-state index contributed by atoms with van der Waals surface area (Å²) in [6, 6.07) is 19.6. The molecule has 3 aromatic rings. The Bertz CT molecular complexity index is 1230. The van der Waals surface area contributed by atoms with Gasteiger partial charge in [0.25, 0.3) is 11.8 Å². The highest BCUT2D eigenvalue weighted by Gasteiger charge is 2.26. The van der Waals surface area contributed by atoms with E-state index in [9.17, 15) is 9.59 Å². The summed E-state index contributed by atoms with van der Waals surface area (Å²) >= 11 is 0. The van der Waals surface area contributed by atoms with Crippen LogP contribution >= 0.6 is 0 Å². The van der Waals surface area contributed by atoms with Crippen molar-refractivity contribution in [1.29, 1.82) is 0 Å². The second-order valence-corrected chi connectivity index (χ2v) is 8.04. The van der Waals surface area contributed by atoms with Crippen LogP contribution in [-0.4, -0.2) is 32.1 Å². The van der Waals surface area contributed by atoms with Gasteiger partial charge in [-0.25, -0.2) is 0 Å². The standard InChI is InChI=1S/C27H27N3O4/c1-33-20-13-14-21(25(16-20)34-2)22(27(32)29-19-11-12-19)15-17-7-9-18(10-8-17)26(31)30-24-6-4-3-5-23(24)28/h3-10,13-16,19H,11-12,28H2,1-2H3,(H,29,32)(H,30,31)/b22-15-. The summed E-state index contributed by atoms with van der Waals surface area (Å²) < 4.78 is 10.8. The molecule has 7 nitrogen and oxygen atoms in total. The number of anilines is 2. The lowest BCUT2D eigenvalue weighted by molar-refractivity contribution is -0.115. The maximum atomic E-state index is 13.1. The van der Waals surface area contributed by atoms with Gasteiger partial charge in [-0.1, -0.05) is 24.3 Å². The van der Waals surface area contributed by atoms with Crippen molar-refractivity contribution < 1.29 is 19.1 Å². The van der Waals surface area contributed by atoms with Gasteiger partial charge in [0.05, 0.1) is 31.2 Å². The fourth-order valence-corrected chi connectivity index (χ4v) is 3.48. The third-order valence-electron chi connectivity index (χ3n) is 5.55. The first kappa shape index (κ1) is 22.9. The van der Waals surface area contributed by atoms with Crippen molar-refractivity contribution in [1.82, 2.24) is 5.32 Å². The molecule has 2 amide bonds. The fourth-order valence-electron chi connectivity index (χ4n) is 3.48. The molecule has 0 atom stereocenters. The lowest BCUT2D eigenvalue weighted by atomic mass is 10.00. The zero-order valence-corrected chi connectivity index (χ0v) is 19.1. The van der Waals surface area contributed by atoms with E-state index in [-0.39, 0.29) is 17.9 Å². The first-order valence-electron chi connectivity index (χ1n) is 11.0. The summed E-state index contributed by atoms with van der Waals surface area (Å²) in [6.07, 6.45) is 3.75. The maximum absolute atomic E-state index is 13.1. The predicted octanol–water partition coefficient (Wildman–Crippen LogP) is 4.36. The normalized spacial score (nSPS) is 13.2. The number of hydrogen-bond acceptors (Lipinski definition) is 5. The van der Waals surface area contributed by atoms with Crippen molar-refractivity contribution >= 4 is 34.8 Å². The topological polar surface area (TPSA) is 103 Å². The molecular weight excluding hydrogens is 430 g/mol. The summed E-state index contributed by atoms with van der Waals surface area (Å²) in [5.74, 6) is 0.731. The molecule has 174 valence electrons.